The van der Waals surface area contributed by atoms with Crippen molar-refractivity contribution in [1.82, 2.24) is 14.9 Å². The second-order valence-corrected chi connectivity index (χ2v) is 4.15. The molecule has 2 aromatic heterocycles. The highest BCUT2D eigenvalue weighted by Gasteiger charge is 2.05. The molecule has 0 aromatic carbocycles. The number of halogens is 1. The van der Waals surface area contributed by atoms with E-state index in [2.05, 4.69) is 10.3 Å². The van der Waals surface area contributed by atoms with Crippen LogP contribution in [0.4, 0.5) is 0 Å². The van der Waals surface area contributed by atoms with Gasteiger partial charge in [-0.3, -0.25) is 4.79 Å². The van der Waals surface area contributed by atoms with Crippen molar-refractivity contribution in [3.63, 3.8) is 0 Å². The fraction of sp³-hybridized carbons (Fsp3) is 0.333. The molecule has 0 fully saturated rings. The third-order valence-corrected chi connectivity index (χ3v) is 2.73. The second kappa shape index (κ2) is 10.0. The molecule has 0 unspecified atom stereocenters. The Hall–Kier alpha value is -1.81. The molecule has 1 N–H and O–H groups in total. The lowest BCUT2D eigenvalue weighted by Crippen LogP contribution is -1.98. The van der Waals surface area contributed by atoms with Gasteiger partial charge in [-0.1, -0.05) is 25.4 Å². The van der Waals surface area contributed by atoms with Crippen molar-refractivity contribution in [2.45, 2.75) is 27.7 Å². The number of aromatic nitrogens is 2. The van der Waals surface area contributed by atoms with E-state index in [0.717, 1.165) is 11.4 Å². The molecule has 0 aliphatic heterocycles. The first-order valence-electron chi connectivity index (χ1n) is 6.47. The molecule has 0 atom stereocenters. The van der Waals surface area contributed by atoms with Gasteiger partial charge in [0, 0.05) is 25.6 Å². The van der Waals surface area contributed by atoms with E-state index < -0.39 is 0 Å². The second-order valence-electron chi connectivity index (χ2n) is 3.77. The van der Waals surface area contributed by atoms with Crippen LogP contribution in [0.15, 0.2) is 30.7 Å². The van der Waals surface area contributed by atoms with Gasteiger partial charge >= 0.3 is 0 Å². The Kier molecular flexibility index (Phi) is 9.13. The summed E-state index contributed by atoms with van der Waals surface area (Å²) in [7, 11) is 1.56. The molecule has 5 heteroatoms. The summed E-state index contributed by atoms with van der Waals surface area (Å²) < 4.78 is 1.94. The summed E-state index contributed by atoms with van der Waals surface area (Å²) in [6.07, 6.45) is 6.36. The van der Waals surface area contributed by atoms with E-state index >= 15 is 0 Å². The highest BCUT2D eigenvalue weighted by Crippen LogP contribution is 2.21. The van der Waals surface area contributed by atoms with Crippen LogP contribution in [0.5, 0.6) is 0 Å². The number of rotatable bonds is 2. The van der Waals surface area contributed by atoms with Crippen LogP contribution in [-0.2, 0) is 4.79 Å². The molecule has 0 saturated heterocycles. The molecule has 2 aromatic rings. The predicted octanol–water partition coefficient (Wildman–Crippen LogP) is 3.53. The predicted molar refractivity (Wildman–Crippen MR) is 84.5 cm³/mol. The minimum Gasteiger partial charge on any atom is -0.362 e. The highest BCUT2D eigenvalue weighted by atomic mass is 35.5. The van der Waals surface area contributed by atoms with E-state index in [-0.39, 0.29) is 0 Å². The van der Waals surface area contributed by atoms with Crippen LogP contribution in [0.1, 0.15) is 25.0 Å². The minimum absolute atomic E-state index is 0.625. The molecule has 0 spiro atoms. The zero-order valence-electron chi connectivity index (χ0n) is 12.6. The Morgan fingerprint density at radius 3 is 2.35 bits per heavy atom. The van der Waals surface area contributed by atoms with Gasteiger partial charge in [0.1, 0.15) is 0 Å². The van der Waals surface area contributed by atoms with Crippen LogP contribution < -0.4 is 5.32 Å². The Bertz CT molecular complexity index is 524. The Morgan fingerprint density at radius 2 is 1.90 bits per heavy atom. The van der Waals surface area contributed by atoms with Crippen LogP contribution >= 0.6 is 11.6 Å². The van der Waals surface area contributed by atoms with Crippen molar-refractivity contribution in [3.8, 4) is 5.82 Å². The SMILES string of the molecule is CC.CNC=O.Cc1ccn(-c2nccc(C)c2Cl)c1. The fourth-order valence-electron chi connectivity index (χ4n) is 1.34. The lowest BCUT2D eigenvalue weighted by atomic mass is 10.3. The molecule has 0 saturated carbocycles. The largest absolute Gasteiger partial charge is 0.362 e. The summed E-state index contributed by atoms with van der Waals surface area (Å²) in [5, 5.41) is 2.96. The summed E-state index contributed by atoms with van der Waals surface area (Å²) in [4.78, 5) is 13.3. The van der Waals surface area contributed by atoms with Crippen LogP contribution in [0.25, 0.3) is 5.82 Å². The number of hydrogen-bond donors (Lipinski definition) is 1. The van der Waals surface area contributed by atoms with E-state index in [0.29, 0.717) is 11.4 Å². The Balaban J connectivity index is 0.000000521. The van der Waals surface area contributed by atoms with E-state index in [9.17, 15) is 0 Å². The number of aryl methyl sites for hydroxylation is 2. The number of carbonyl (C=O) groups is 1. The molecule has 4 nitrogen and oxygen atoms in total. The van der Waals surface area contributed by atoms with Gasteiger partial charge in [0.2, 0.25) is 6.41 Å². The average molecular weight is 296 g/mol. The number of amides is 1. The summed E-state index contributed by atoms with van der Waals surface area (Å²) in [6, 6.07) is 3.93. The first-order chi connectivity index (χ1) is 9.60. The smallest absolute Gasteiger partial charge is 0.206 e. The number of pyridine rings is 1. The van der Waals surface area contributed by atoms with Crippen molar-refractivity contribution in [1.29, 1.82) is 0 Å². The third-order valence-electron chi connectivity index (χ3n) is 2.27. The number of nitrogens with one attached hydrogen (secondary N) is 1. The molecule has 0 bridgehead atoms. The number of hydrogen-bond acceptors (Lipinski definition) is 2. The zero-order valence-corrected chi connectivity index (χ0v) is 13.4. The third kappa shape index (κ3) is 5.45. The van der Waals surface area contributed by atoms with Gasteiger partial charge in [-0.25, -0.2) is 4.98 Å². The van der Waals surface area contributed by atoms with Crippen molar-refractivity contribution in [3.05, 3.63) is 46.9 Å². The van der Waals surface area contributed by atoms with E-state index in [1.54, 1.807) is 13.2 Å². The monoisotopic (exact) mass is 295 g/mol. The van der Waals surface area contributed by atoms with Crippen molar-refractivity contribution in [2.75, 3.05) is 7.05 Å². The average Bonchev–Trinajstić information content (AvgIpc) is 2.91. The molecule has 0 aliphatic carbocycles. The van der Waals surface area contributed by atoms with Gasteiger partial charge in [0.15, 0.2) is 5.82 Å². The van der Waals surface area contributed by atoms with Crippen LogP contribution in [0, 0.1) is 13.8 Å². The Labute approximate surface area is 125 Å². The molecule has 110 valence electrons. The molecule has 2 heterocycles. The van der Waals surface area contributed by atoms with E-state index in [1.807, 2.05) is 56.8 Å². The van der Waals surface area contributed by atoms with Gasteiger partial charge in [0.05, 0.1) is 5.02 Å². The maximum Gasteiger partial charge on any atom is 0.206 e. The van der Waals surface area contributed by atoms with Crippen LogP contribution in [-0.4, -0.2) is 23.0 Å². The van der Waals surface area contributed by atoms with Crippen molar-refractivity contribution in [2.24, 2.45) is 0 Å². The maximum atomic E-state index is 9.06. The van der Waals surface area contributed by atoms with Crippen LogP contribution in [0.3, 0.4) is 0 Å². The molecular formula is C15H22ClN3O. The maximum absolute atomic E-state index is 9.06. The summed E-state index contributed by atoms with van der Waals surface area (Å²) in [6.45, 7) is 8.02. The first kappa shape index (κ1) is 18.2. The topological polar surface area (TPSA) is 46.9 Å². The normalized spacial score (nSPS) is 8.70. The lowest BCUT2D eigenvalue weighted by molar-refractivity contribution is -0.109. The molecule has 1 amide bonds. The van der Waals surface area contributed by atoms with E-state index in [1.165, 1.54) is 5.56 Å². The van der Waals surface area contributed by atoms with Gasteiger partial charge in [-0.15, -0.1) is 0 Å². The first-order valence-corrected chi connectivity index (χ1v) is 6.85. The molecular weight excluding hydrogens is 274 g/mol. The number of carbonyl (C=O) groups excluding carboxylic acids is 1. The van der Waals surface area contributed by atoms with Crippen molar-refractivity contribution < 1.29 is 4.79 Å². The fourth-order valence-corrected chi connectivity index (χ4v) is 1.55. The highest BCUT2D eigenvalue weighted by molar-refractivity contribution is 6.32. The molecule has 20 heavy (non-hydrogen) atoms. The molecule has 0 aliphatic rings. The van der Waals surface area contributed by atoms with Gasteiger partial charge in [0.25, 0.3) is 0 Å². The summed E-state index contributed by atoms with van der Waals surface area (Å²) in [5.41, 5.74) is 2.24. The minimum atomic E-state index is 0.625. The summed E-state index contributed by atoms with van der Waals surface area (Å²) >= 11 is 6.15. The lowest BCUT2D eigenvalue weighted by Gasteiger charge is -2.05. The van der Waals surface area contributed by atoms with Crippen LogP contribution in [0.2, 0.25) is 5.02 Å². The Morgan fingerprint density at radius 1 is 1.30 bits per heavy atom. The quantitative estimate of drug-likeness (QED) is 0.862. The van der Waals surface area contributed by atoms with Crippen molar-refractivity contribution >= 4 is 18.0 Å². The van der Waals surface area contributed by atoms with E-state index in [4.69, 9.17) is 16.4 Å². The standard InChI is InChI=1S/C11H11ClN2.C2H5NO.C2H6/c1-8-4-6-14(7-8)11-10(12)9(2)3-5-13-11;1-3-2-4;1-2/h3-7H,1-2H3;2H,1H3,(H,3,4);1-2H3. The van der Waals surface area contributed by atoms with Gasteiger partial charge in [-0.05, 0) is 37.1 Å². The zero-order chi connectivity index (χ0) is 15.5. The molecule has 0 radical (unpaired) electrons. The summed E-state index contributed by atoms with van der Waals surface area (Å²) in [5.74, 6) is 0.791. The number of nitrogens with zero attached hydrogens (tertiary/aromatic N) is 2. The molecule has 2 rings (SSSR count). The van der Waals surface area contributed by atoms with Gasteiger partial charge in [-0.2, -0.15) is 0 Å². The van der Waals surface area contributed by atoms with Gasteiger partial charge < -0.3 is 9.88 Å².